The van der Waals surface area contributed by atoms with Crippen molar-refractivity contribution in [3.05, 3.63) is 22.9 Å². The van der Waals surface area contributed by atoms with E-state index in [1.165, 1.54) is 0 Å². The molecule has 2 heterocycles. The lowest BCUT2D eigenvalue weighted by molar-refractivity contribution is 0.139. The molecule has 2 rings (SSSR count). The van der Waals surface area contributed by atoms with Crippen LogP contribution in [-0.4, -0.2) is 44.0 Å². The molecule has 1 aliphatic rings. The Kier molecular flexibility index (Phi) is 5.00. The molecule has 20 heavy (non-hydrogen) atoms. The molecule has 1 aromatic heterocycles. The number of sulfonamides is 1. The van der Waals surface area contributed by atoms with Crippen LogP contribution in [0.25, 0.3) is 0 Å². The van der Waals surface area contributed by atoms with Gasteiger partial charge in [-0.2, -0.15) is 0 Å². The Labute approximate surface area is 127 Å². The number of nitrogens with zero attached hydrogens (tertiary/aromatic N) is 1. The Morgan fingerprint density at radius 3 is 2.80 bits per heavy atom. The van der Waals surface area contributed by atoms with Gasteiger partial charge in [-0.1, -0.05) is 0 Å². The van der Waals surface area contributed by atoms with Crippen LogP contribution >= 0.6 is 15.9 Å². The first-order valence-electron chi connectivity index (χ1n) is 6.25. The van der Waals surface area contributed by atoms with Gasteiger partial charge in [0.05, 0.1) is 30.7 Å². The zero-order chi connectivity index (χ0) is 14.8. The smallest absolute Gasteiger partial charge is 0.214 e. The highest BCUT2D eigenvalue weighted by Gasteiger charge is 2.34. The Morgan fingerprint density at radius 1 is 1.45 bits per heavy atom. The number of ether oxygens (including phenoxy) is 2. The highest BCUT2D eigenvalue weighted by atomic mass is 79.9. The van der Waals surface area contributed by atoms with Crippen LogP contribution in [0, 0.1) is 0 Å². The van der Waals surface area contributed by atoms with E-state index in [0.29, 0.717) is 23.6 Å². The van der Waals surface area contributed by atoms with Crippen LogP contribution in [0.3, 0.4) is 0 Å². The molecule has 2 atom stereocenters. The number of pyridine rings is 1. The number of nitrogens with one attached hydrogen (secondary N) is 1. The van der Waals surface area contributed by atoms with Crippen LogP contribution in [0.15, 0.2) is 22.9 Å². The van der Waals surface area contributed by atoms with Crippen LogP contribution in [0.1, 0.15) is 13.8 Å². The van der Waals surface area contributed by atoms with Crippen LogP contribution in [0.5, 0.6) is 5.75 Å². The van der Waals surface area contributed by atoms with Crippen molar-refractivity contribution in [3.8, 4) is 5.75 Å². The molecule has 0 amide bonds. The molecule has 1 saturated heterocycles. The molecule has 0 aliphatic carbocycles. The number of halogens is 1. The second kappa shape index (κ2) is 6.38. The van der Waals surface area contributed by atoms with Gasteiger partial charge in [0.15, 0.2) is 0 Å². The predicted molar refractivity (Wildman–Crippen MR) is 78.2 cm³/mol. The summed E-state index contributed by atoms with van der Waals surface area (Å²) in [6, 6.07) is 3.15. The zero-order valence-corrected chi connectivity index (χ0v) is 13.6. The largest absolute Gasteiger partial charge is 0.485 e. The van der Waals surface area contributed by atoms with Gasteiger partial charge >= 0.3 is 0 Å². The van der Waals surface area contributed by atoms with E-state index in [-0.39, 0.29) is 12.1 Å². The zero-order valence-electron chi connectivity index (χ0n) is 11.2. The molecule has 8 heteroatoms. The van der Waals surface area contributed by atoms with Crippen LogP contribution in [0.4, 0.5) is 0 Å². The highest BCUT2D eigenvalue weighted by molar-refractivity contribution is 9.10. The lowest BCUT2D eigenvalue weighted by atomic mass is 10.2. The van der Waals surface area contributed by atoms with Crippen LogP contribution < -0.4 is 9.46 Å². The molecule has 1 N–H and O–H groups in total. The maximum Gasteiger partial charge on any atom is 0.214 e. The lowest BCUT2D eigenvalue weighted by Gasteiger charge is -2.21. The molecule has 1 fully saturated rings. The van der Waals surface area contributed by atoms with Crippen molar-refractivity contribution in [2.75, 3.05) is 13.2 Å². The van der Waals surface area contributed by atoms with E-state index in [4.69, 9.17) is 9.47 Å². The van der Waals surface area contributed by atoms with Gasteiger partial charge in [0.25, 0.3) is 0 Å². The van der Waals surface area contributed by atoms with Crippen molar-refractivity contribution < 1.29 is 17.9 Å². The molecule has 0 saturated carbocycles. The average molecular weight is 365 g/mol. The Bertz CT molecular complexity index is 547. The van der Waals surface area contributed by atoms with Gasteiger partial charge in [-0.15, -0.1) is 0 Å². The van der Waals surface area contributed by atoms with Gasteiger partial charge < -0.3 is 9.47 Å². The molecular weight excluding hydrogens is 348 g/mol. The van der Waals surface area contributed by atoms with E-state index < -0.39 is 15.3 Å². The van der Waals surface area contributed by atoms with Crippen molar-refractivity contribution in [3.63, 3.8) is 0 Å². The molecule has 2 unspecified atom stereocenters. The van der Waals surface area contributed by atoms with Gasteiger partial charge in [0.1, 0.15) is 16.5 Å². The fourth-order valence-corrected chi connectivity index (χ4v) is 2.86. The highest BCUT2D eigenvalue weighted by Crippen LogP contribution is 2.19. The van der Waals surface area contributed by atoms with Gasteiger partial charge in [-0.25, -0.2) is 18.1 Å². The van der Waals surface area contributed by atoms with E-state index in [2.05, 4.69) is 25.6 Å². The summed E-state index contributed by atoms with van der Waals surface area (Å²) >= 11 is 3.24. The molecule has 1 aromatic rings. The number of rotatable bonds is 5. The maximum absolute atomic E-state index is 11.9. The van der Waals surface area contributed by atoms with Gasteiger partial charge in [0.2, 0.25) is 10.0 Å². The standard InChI is InChI=1S/C12H17BrN2O4S/c1-8(2)20(16,17)15-10-6-18-7-11(10)19-9-3-4-12(13)14-5-9/h3-5,8,10-11,15H,6-7H2,1-2H3. The molecule has 0 aromatic carbocycles. The quantitative estimate of drug-likeness (QED) is 0.797. The van der Waals surface area contributed by atoms with E-state index in [1.807, 2.05) is 0 Å². The van der Waals surface area contributed by atoms with Crippen molar-refractivity contribution in [1.29, 1.82) is 0 Å². The fourth-order valence-electron chi connectivity index (χ4n) is 1.71. The average Bonchev–Trinajstić information content (AvgIpc) is 2.79. The van der Waals surface area contributed by atoms with Gasteiger partial charge in [0, 0.05) is 0 Å². The predicted octanol–water partition coefficient (Wildman–Crippen LogP) is 1.32. The van der Waals surface area contributed by atoms with E-state index in [1.54, 1.807) is 32.2 Å². The minimum absolute atomic E-state index is 0.306. The number of hydrogen-bond acceptors (Lipinski definition) is 5. The lowest BCUT2D eigenvalue weighted by Crippen LogP contribution is -2.47. The summed E-state index contributed by atoms with van der Waals surface area (Å²) in [6.07, 6.45) is 1.22. The van der Waals surface area contributed by atoms with Crippen molar-refractivity contribution in [2.45, 2.75) is 31.2 Å². The summed E-state index contributed by atoms with van der Waals surface area (Å²) in [7, 11) is -3.35. The summed E-state index contributed by atoms with van der Waals surface area (Å²) < 4.78 is 38.2. The minimum atomic E-state index is -3.35. The summed E-state index contributed by atoms with van der Waals surface area (Å²) in [5.74, 6) is 0.581. The molecule has 1 aliphatic heterocycles. The molecule has 0 radical (unpaired) electrons. The number of aromatic nitrogens is 1. The summed E-state index contributed by atoms with van der Waals surface area (Å²) in [5, 5.41) is -0.488. The van der Waals surface area contributed by atoms with Crippen LogP contribution in [-0.2, 0) is 14.8 Å². The van der Waals surface area contributed by atoms with Gasteiger partial charge in [-0.3, -0.25) is 0 Å². The van der Waals surface area contributed by atoms with Crippen LogP contribution in [0.2, 0.25) is 0 Å². The Morgan fingerprint density at radius 2 is 2.20 bits per heavy atom. The molecule has 112 valence electrons. The number of hydrogen-bond donors (Lipinski definition) is 1. The third kappa shape index (κ3) is 3.91. The Hall–Kier alpha value is -0.700. The third-order valence-electron chi connectivity index (χ3n) is 2.95. The molecule has 0 spiro atoms. The fraction of sp³-hybridized carbons (Fsp3) is 0.583. The molecule has 6 nitrogen and oxygen atoms in total. The SMILES string of the molecule is CC(C)S(=O)(=O)NC1COCC1Oc1ccc(Br)nc1. The van der Waals surface area contributed by atoms with Crippen molar-refractivity contribution >= 4 is 26.0 Å². The summed E-state index contributed by atoms with van der Waals surface area (Å²) in [5.41, 5.74) is 0. The Balaban J connectivity index is 2.02. The first-order valence-corrected chi connectivity index (χ1v) is 8.59. The van der Waals surface area contributed by atoms with Gasteiger partial charge in [-0.05, 0) is 41.9 Å². The van der Waals surface area contributed by atoms with Crippen molar-refractivity contribution in [2.24, 2.45) is 0 Å². The van der Waals surface area contributed by atoms with Crippen molar-refractivity contribution in [1.82, 2.24) is 9.71 Å². The molecular formula is C12H17BrN2O4S. The maximum atomic E-state index is 11.9. The minimum Gasteiger partial charge on any atom is -0.485 e. The van der Waals surface area contributed by atoms with E-state index in [0.717, 1.165) is 0 Å². The molecule has 0 bridgehead atoms. The normalized spacial score (nSPS) is 23.2. The summed E-state index contributed by atoms with van der Waals surface area (Å²) in [4.78, 5) is 4.06. The van der Waals surface area contributed by atoms with E-state index in [9.17, 15) is 8.42 Å². The van der Waals surface area contributed by atoms with E-state index >= 15 is 0 Å². The second-order valence-corrected chi connectivity index (χ2v) is 7.91. The third-order valence-corrected chi connectivity index (χ3v) is 5.29. The topological polar surface area (TPSA) is 77.5 Å². The second-order valence-electron chi connectivity index (χ2n) is 4.83. The first-order chi connectivity index (χ1) is 9.38. The summed E-state index contributed by atoms with van der Waals surface area (Å²) in [6.45, 7) is 3.92. The monoisotopic (exact) mass is 364 g/mol. The first kappa shape index (κ1) is 15.7.